The van der Waals surface area contributed by atoms with Gasteiger partial charge in [-0.25, -0.2) is 0 Å². The minimum atomic E-state index is 0.0119. The Kier molecular flexibility index (Phi) is 6.21. The summed E-state index contributed by atoms with van der Waals surface area (Å²) in [5.41, 5.74) is 4.15. The van der Waals surface area contributed by atoms with Gasteiger partial charge in [0, 0.05) is 12.1 Å². The van der Waals surface area contributed by atoms with Crippen molar-refractivity contribution in [1.82, 2.24) is 5.32 Å². The molecule has 0 radical (unpaired) electrons. The van der Waals surface area contributed by atoms with Crippen molar-refractivity contribution in [3.63, 3.8) is 0 Å². The van der Waals surface area contributed by atoms with Gasteiger partial charge in [-0.3, -0.25) is 4.79 Å². The minimum absolute atomic E-state index is 0.0119. The van der Waals surface area contributed by atoms with Crippen molar-refractivity contribution in [1.29, 1.82) is 0 Å². The van der Waals surface area contributed by atoms with Gasteiger partial charge in [0.05, 0.1) is 6.61 Å². The third-order valence-corrected chi connectivity index (χ3v) is 3.80. The van der Waals surface area contributed by atoms with Crippen LogP contribution in [0.5, 0.6) is 5.75 Å². The Labute approximate surface area is 138 Å². The van der Waals surface area contributed by atoms with Crippen LogP contribution in [0.4, 0.5) is 0 Å². The third-order valence-electron chi connectivity index (χ3n) is 3.80. The number of hydrogen-bond donors (Lipinski definition) is 1. The first kappa shape index (κ1) is 17.1. The smallest absolute Gasteiger partial charge is 0.251 e. The molecule has 0 saturated heterocycles. The standard InChI is InChI=1S/C20H25NO2/c1-4-23-18-11-9-17(10-12-18)6-5-13-21-20(22)19-14-15(2)7-8-16(19)3/h7-12,14H,4-6,13H2,1-3H3,(H,21,22). The van der Waals surface area contributed by atoms with Crippen LogP contribution in [0.3, 0.4) is 0 Å². The molecule has 2 aromatic carbocycles. The molecule has 0 atom stereocenters. The van der Waals surface area contributed by atoms with E-state index in [1.807, 2.05) is 51.1 Å². The highest BCUT2D eigenvalue weighted by molar-refractivity contribution is 5.95. The summed E-state index contributed by atoms with van der Waals surface area (Å²) in [5.74, 6) is 0.914. The van der Waals surface area contributed by atoms with E-state index in [0.29, 0.717) is 13.2 Å². The molecule has 0 unspecified atom stereocenters. The first-order valence-corrected chi connectivity index (χ1v) is 8.17. The average molecular weight is 311 g/mol. The molecule has 0 spiro atoms. The lowest BCUT2D eigenvalue weighted by molar-refractivity contribution is 0.0952. The molecule has 0 bridgehead atoms. The highest BCUT2D eigenvalue weighted by atomic mass is 16.5. The van der Waals surface area contributed by atoms with Crippen LogP contribution in [-0.2, 0) is 6.42 Å². The molecule has 0 heterocycles. The van der Waals surface area contributed by atoms with E-state index in [0.717, 1.165) is 35.3 Å². The fourth-order valence-corrected chi connectivity index (χ4v) is 2.49. The van der Waals surface area contributed by atoms with E-state index in [2.05, 4.69) is 17.4 Å². The number of carbonyl (C=O) groups is 1. The van der Waals surface area contributed by atoms with Gasteiger partial charge in [-0.1, -0.05) is 29.8 Å². The molecule has 3 nitrogen and oxygen atoms in total. The second-order valence-corrected chi connectivity index (χ2v) is 5.75. The molecule has 0 aliphatic carbocycles. The fourth-order valence-electron chi connectivity index (χ4n) is 2.49. The lowest BCUT2D eigenvalue weighted by atomic mass is 10.0. The molecule has 0 saturated carbocycles. The van der Waals surface area contributed by atoms with Gasteiger partial charge in [-0.05, 0) is 62.9 Å². The second-order valence-electron chi connectivity index (χ2n) is 5.75. The van der Waals surface area contributed by atoms with Crippen LogP contribution in [0.15, 0.2) is 42.5 Å². The van der Waals surface area contributed by atoms with Gasteiger partial charge in [0.2, 0.25) is 0 Å². The Morgan fingerprint density at radius 1 is 1.09 bits per heavy atom. The van der Waals surface area contributed by atoms with Crippen LogP contribution >= 0.6 is 0 Å². The van der Waals surface area contributed by atoms with Gasteiger partial charge < -0.3 is 10.1 Å². The first-order chi connectivity index (χ1) is 11.1. The van der Waals surface area contributed by atoms with Crippen LogP contribution in [0.2, 0.25) is 0 Å². The monoisotopic (exact) mass is 311 g/mol. The molecule has 0 aliphatic heterocycles. The molecule has 2 aromatic rings. The minimum Gasteiger partial charge on any atom is -0.494 e. The number of benzene rings is 2. The molecule has 23 heavy (non-hydrogen) atoms. The molecular formula is C20H25NO2. The molecular weight excluding hydrogens is 286 g/mol. The van der Waals surface area contributed by atoms with E-state index in [9.17, 15) is 4.79 Å². The van der Waals surface area contributed by atoms with Crippen molar-refractivity contribution < 1.29 is 9.53 Å². The maximum atomic E-state index is 12.2. The zero-order chi connectivity index (χ0) is 16.7. The zero-order valence-corrected chi connectivity index (χ0v) is 14.2. The lowest BCUT2D eigenvalue weighted by Gasteiger charge is -2.09. The van der Waals surface area contributed by atoms with Gasteiger partial charge in [-0.2, -0.15) is 0 Å². The van der Waals surface area contributed by atoms with Crippen LogP contribution in [-0.4, -0.2) is 19.1 Å². The Morgan fingerprint density at radius 2 is 1.83 bits per heavy atom. The van der Waals surface area contributed by atoms with Gasteiger partial charge in [0.15, 0.2) is 0 Å². The van der Waals surface area contributed by atoms with E-state index in [1.165, 1.54) is 5.56 Å². The molecule has 122 valence electrons. The number of amides is 1. The van der Waals surface area contributed by atoms with E-state index in [4.69, 9.17) is 4.74 Å². The largest absolute Gasteiger partial charge is 0.494 e. The van der Waals surface area contributed by atoms with Crippen LogP contribution in [0, 0.1) is 13.8 Å². The summed E-state index contributed by atoms with van der Waals surface area (Å²) in [6.45, 7) is 7.31. The van der Waals surface area contributed by atoms with E-state index in [-0.39, 0.29) is 5.91 Å². The van der Waals surface area contributed by atoms with Crippen molar-refractivity contribution >= 4 is 5.91 Å². The Balaban J connectivity index is 1.78. The van der Waals surface area contributed by atoms with E-state index in [1.54, 1.807) is 0 Å². The number of ether oxygens (including phenoxy) is 1. The maximum absolute atomic E-state index is 12.2. The molecule has 2 rings (SSSR count). The van der Waals surface area contributed by atoms with Gasteiger partial charge in [0.1, 0.15) is 5.75 Å². The number of aryl methyl sites for hydroxylation is 3. The molecule has 0 fully saturated rings. The SMILES string of the molecule is CCOc1ccc(CCCNC(=O)c2cc(C)ccc2C)cc1. The molecule has 1 amide bonds. The summed E-state index contributed by atoms with van der Waals surface area (Å²) < 4.78 is 5.43. The first-order valence-electron chi connectivity index (χ1n) is 8.17. The third kappa shape index (κ3) is 5.13. The summed E-state index contributed by atoms with van der Waals surface area (Å²) in [6.07, 6.45) is 1.87. The highest BCUT2D eigenvalue weighted by Gasteiger charge is 2.08. The summed E-state index contributed by atoms with van der Waals surface area (Å²) in [7, 11) is 0. The molecule has 3 heteroatoms. The van der Waals surface area contributed by atoms with Crippen LogP contribution in [0.1, 0.15) is 40.4 Å². The molecule has 0 aromatic heterocycles. The van der Waals surface area contributed by atoms with E-state index >= 15 is 0 Å². The van der Waals surface area contributed by atoms with Crippen molar-refractivity contribution in [3.8, 4) is 5.75 Å². The zero-order valence-electron chi connectivity index (χ0n) is 14.2. The Bertz CT molecular complexity index is 647. The fraction of sp³-hybridized carbons (Fsp3) is 0.350. The number of hydrogen-bond acceptors (Lipinski definition) is 2. The van der Waals surface area contributed by atoms with Crippen LogP contribution in [0.25, 0.3) is 0 Å². The topological polar surface area (TPSA) is 38.3 Å². The highest BCUT2D eigenvalue weighted by Crippen LogP contribution is 2.13. The normalized spacial score (nSPS) is 10.4. The van der Waals surface area contributed by atoms with Crippen LogP contribution < -0.4 is 10.1 Å². The quantitative estimate of drug-likeness (QED) is 0.783. The summed E-state index contributed by atoms with van der Waals surface area (Å²) in [5, 5.41) is 3.01. The Hall–Kier alpha value is -2.29. The van der Waals surface area contributed by atoms with Crippen molar-refractivity contribution in [2.75, 3.05) is 13.2 Å². The number of carbonyl (C=O) groups excluding carboxylic acids is 1. The summed E-state index contributed by atoms with van der Waals surface area (Å²) in [4.78, 5) is 12.2. The maximum Gasteiger partial charge on any atom is 0.251 e. The summed E-state index contributed by atoms with van der Waals surface area (Å²) in [6, 6.07) is 14.1. The lowest BCUT2D eigenvalue weighted by Crippen LogP contribution is -2.25. The van der Waals surface area contributed by atoms with Gasteiger partial charge in [-0.15, -0.1) is 0 Å². The Morgan fingerprint density at radius 3 is 2.52 bits per heavy atom. The van der Waals surface area contributed by atoms with Crippen molar-refractivity contribution in [2.45, 2.75) is 33.6 Å². The van der Waals surface area contributed by atoms with E-state index < -0.39 is 0 Å². The van der Waals surface area contributed by atoms with Crippen molar-refractivity contribution in [3.05, 3.63) is 64.7 Å². The van der Waals surface area contributed by atoms with Crippen molar-refractivity contribution in [2.24, 2.45) is 0 Å². The number of nitrogens with one attached hydrogen (secondary N) is 1. The average Bonchev–Trinajstić information content (AvgIpc) is 2.55. The predicted octanol–water partition coefficient (Wildman–Crippen LogP) is 4.06. The second kappa shape index (κ2) is 8.37. The number of rotatable bonds is 7. The van der Waals surface area contributed by atoms with Gasteiger partial charge in [0.25, 0.3) is 5.91 Å². The molecule has 0 aliphatic rings. The van der Waals surface area contributed by atoms with Gasteiger partial charge >= 0.3 is 0 Å². The predicted molar refractivity (Wildman–Crippen MR) is 94.2 cm³/mol. The molecule has 1 N–H and O–H groups in total. The summed E-state index contributed by atoms with van der Waals surface area (Å²) >= 11 is 0.